The summed E-state index contributed by atoms with van der Waals surface area (Å²) in [5.74, 6) is 0.218. The van der Waals surface area contributed by atoms with Gasteiger partial charge in [0.05, 0.1) is 6.04 Å². The Bertz CT molecular complexity index is 1060. The van der Waals surface area contributed by atoms with Gasteiger partial charge in [0, 0.05) is 42.2 Å². The highest BCUT2D eigenvalue weighted by molar-refractivity contribution is 6.33. The molecule has 0 spiro atoms. The highest BCUT2D eigenvalue weighted by Crippen LogP contribution is 2.31. The van der Waals surface area contributed by atoms with E-state index in [4.69, 9.17) is 11.6 Å². The molecule has 1 unspecified atom stereocenters. The van der Waals surface area contributed by atoms with Crippen LogP contribution < -0.4 is 0 Å². The van der Waals surface area contributed by atoms with Crippen LogP contribution in [0.1, 0.15) is 37.9 Å². The molecule has 1 aliphatic rings. The average molecular weight is 447 g/mol. The van der Waals surface area contributed by atoms with E-state index in [1.807, 2.05) is 51.1 Å². The van der Waals surface area contributed by atoms with E-state index in [9.17, 15) is 4.79 Å². The van der Waals surface area contributed by atoms with Crippen LogP contribution in [-0.2, 0) is 11.3 Å². The van der Waals surface area contributed by atoms with E-state index in [-0.39, 0.29) is 17.4 Å². The topological polar surface area (TPSA) is 23.6 Å². The summed E-state index contributed by atoms with van der Waals surface area (Å²) in [6, 6.07) is 27.1. The molecule has 0 N–H and O–H groups in total. The molecule has 0 aromatic heterocycles. The Morgan fingerprint density at radius 2 is 1.56 bits per heavy atom. The van der Waals surface area contributed by atoms with Crippen molar-refractivity contribution in [3.05, 3.63) is 95.0 Å². The predicted molar refractivity (Wildman–Crippen MR) is 133 cm³/mol. The second kappa shape index (κ2) is 9.48. The van der Waals surface area contributed by atoms with Crippen molar-refractivity contribution >= 4 is 17.5 Å². The van der Waals surface area contributed by atoms with Gasteiger partial charge in [-0.1, -0.05) is 105 Å². The maximum Gasteiger partial charge on any atom is 0.228 e. The first kappa shape index (κ1) is 22.6. The summed E-state index contributed by atoms with van der Waals surface area (Å²) in [4.78, 5) is 17.7. The largest absolute Gasteiger partial charge is 0.333 e. The number of rotatable bonds is 4. The molecular formula is C28H31ClN2O. The summed E-state index contributed by atoms with van der Waals surface area (Å²) in [5, 5.41) is 0.769. The van der Waals surface area contributed by atoms with Crippen LogP contribution in [0, 0.1) is 5.41 Å². The third-order valence-electron chi connectivity index (χ3n) is 6.10. The van der Waals surface area contributed by atoms with Crippen LogP contribution in [0.15, 0.2) is 78.9 Å². The molecule has 3 nitrogen and oxygen atoms in total. The zero-order valence-corrected chi connectivity index (χ0v) is 19.8. The molecule has 0 saturated carbocycles. The SMILES string of the molecule is CC(C)(C)C(=O)N1CCN(Cc2ccc(-c3ccccc3Cl)cc2)CC1c1ccccc1. The Morgan fingerprint density at radius 3 is 2.22 bits per heavy atom. The fourth-order valence-electron chi connectivity index (χ4n) is 4.36. The molecule has 3 aromatic carbocycles. The number of hydrogen-bond acceptors (Lipinski definition) is 2. The summed E-state index contributed by atoms with van der Waals surface area (Å²) in [6.45, 7) is 9.32. The van der Waals surface area contributed by atoms with Gasteiger partial charge in [-0.05, 0) is 22.8 Å². The standard InChI is InChI=1S/C28H31ClN2O/c1-28(2,3)27(32)31-18-17-30(20-26(31)23-9-5-4-6-10-23)19-21-13-15-22(16-14-21)24-11-7-8-12-25(24)29/h4-16,26H,17-20H2,1-3H3. The average Bonchev–Trinajstić information content (AvgIpc) is 2.79. The zero-order chi connectivity index (χ0) is 22.7. The number of piperazine rings is 1. The van der Waals surface area contributed by atoms with Gasteiger partial charge in [0.15, 0.2) is 0 Å². The number of benzene rings is 3. The Balaban J connectivity index is 1.51. The van der Waals surface area contributed by atoms with Crippen LogP contribution in [0.25, 0.3) is 11.1 Å². The summed E-state index contributed by atoms with van der Waals surface area (Å²) in [7, 11) is 0. The van der Waals surface area contributed by atoms with E-state index in [1.54, 1.807) is 0 Å². The number of nitrogens with zero attached hydrogens (tertiary/aromatic N) is 2. The lowest BCUT2D eigenvalue weighted by atomic mass is 9.91. The van der Waals surface area contributed by atoms with Crippen LogP contribution in [0.5, 0.6) is 0 Å². The van der Waals surface area contributed by atoms with Crippen molar-refractivity contribution in [2.24, 2.45) is 5.41 Å². The van der Waals surface area contributed by atoms with Gasteiger partial charge >= 0.3 is 0 Å². The van der Waals surface area contributed by atoms with Gasteiger partial charge in [0.25, 0.3) is 0 Å². The van der Waals surface area contributed by atoms with Crippen molar-refractivity contribution in [3.63, 3.8) is 0 Å². The molecule has 3 aromatic rings. The smallest absolute Gasteiger partial charge is 0.228 e. The third-order valence-corrected chi connectivity index (χ3v) is 6.43. The summed E-state index contributed by atoms with van der Waals surface area (Å²) in [6.07, 6.45) is 0. The quantitative estimate of drug-likeness (QED) is 0.460. The summed E-state index contributed by atoms with van der Waals surface area (Å²) >= 11 is 6.36. The van der Waals surface area contributed by atoms with Gasteiger partial charge < -0.3 is 4.90 Å². The molecule has 4 heteroatoms. The van der Waals surface area contributed by atoms with Gasteiger partial charge in [-0.15, -0.1) is 0 Å². The second-order valence-corrected chi connectivity index (χ2v) is 9.99. The normalized spacial score (nSPS) is 17.4. The van der Waals surface area contributed by atoms with Crippen molar-refractivity contribution in [1.82, 2.24) is 9.80 Å². The van der Waals surface area contributed by atoms with E-state index in [0.717, 1.165) is 42.3 Å². The minimum absolute atomic E-state index is 0.0686. The van der Waals surface area contributed by atoms with Crippen molar-refractivity contribution < 1.29 is 4.79 Å². The number of amides is 1. The Morgan fingerprint density at radius 1 is 0.906 bits per heavy atom. The molecule has 1 fully saturated rings. The van der Waals surface area contributed by atoms with Crippen molar-refractivity contribution in [3.8, 4) is 11.1 Å². The van der Waals surface area contributed by atoms with Crippen LogP contribution in [0.2, 0.25) is 5.02 Å². The lowest BCUT2D eigenvalue weighted by molar-refractivity contribution is -0.145. The first-order valence-corrected chi connectivity index (χ1v) is 11.6. The van der Waals surface area contributed by atoms with Crippen molar-refractivity contribution in [2.45, 2.75) is 33.4 Å². The van der Waals surface area contributed by atoms with Crippen LogP contribution in [0.3, 0.4) is 0 Å². The van der Waals surface area contributed by atoms with E-state index in [1.165, 1.54) is 11.1 Å². The van der Waals surface area contributed by atoms with Crippen molar-refractivity contribution in [1.29, 1.82) is 0 Å². The second-order valence-electron chi connectivity index (χ2n) is 9.59. The Kier molecular flexibility index (Phi) is 6.68. The van der Waals surface area contributed by atoms with Crippen LogP contribution >= 0.6 is 11.6 Å². The van der Waals surface area contributed by atoms with E-state index >= 15 is 0 Å². The number of halogens is 1. The molecule has 166 valence electrons. The molecule has 1 aliphatic heterocycles. The molecule has 1 heterocycles. The van der Waals surface area contributed by atoms with Crippen LogP contribution in [0.4, 0.5) is 0 Å². The van der Waals surface area contributed by atoms with E-state index in [2.05, 4.69) is 58.3 Å². The molecule has 0 aliphatic carbocycles. The first-order valence-electron chi connectivity index (χ1n) is 11.2. The first-order chi connectivity index (χ1) is 15.3. The number of carbonyl (C=O) groups is 1. The molecule has 32 heavy (non-hydrogen) atoms. The lowest BCUT2D eigenvalue weighted by Gasteiger charge is -2.44. The fraction of sp³-hybridized carbons (Fsp3) is 0.321. The van der Waals surface area contributed by atoms with Gasteiger partial charge in [-0.3, -0.25) is 9.69 Å². The molecule has 4 rings (SSSR count). The fourth-order valence-corrected chi connectivity index (χ4v) is 4.61. The summed E-state index contributed by atoms with van der Waals surface area (Å²) in [5.41, 5.74) is 4.26. The van der Waals surface area contributed by atoms with Gasteiger partial charge in [-0.25, -0.2) is 0 Å². The number of hydrogen-bond donors (Lipinski definition) is 0. The molecule has 1 atom stereocenters. The maximum absolute atomic E-state index is 13.2. The van der Waals surface area contributed by atoms with Gasteiger partial charge in [0.2, 0.25) is 5.91 Å². The van der Waals surface area contributed by atoms with Gasteiger partial charge in [-0.2, -0.15) is 0 Å². The van der Waals surface area contributed by atoms with Crippen LogP contribution in [-0.4, -0.2) is 35.3 Å². The highest BCUT2D eigenvalue weighted by atomic mass is 35.5. The predicted octanol–water partition coefficient (Wildman–Crippen LogP) is 6.44. The maximum atomic E-state index is 13.2. The van der Waals surface area contributed by atoms with E-state index in [0.29, 0.717) is 0 Å². The van der Waals surface area contributed by atoms with Crippen molar-refractivity contribution in [2.75, 3.05) is 19.6 Å². The molecule has 0 bridgehead atoms. The lowest BCUT2D eigenvalue weighted by Crippen LogP contribution is -2.53. The minimum atomic E-state index is -0.385. The molecule has 0 radical (unpaired) electrons. The Labute approximate surface area is 196 Å². The molecular weight excluding hydrogens is 416 g/mol. The van der Waals surface area contributed by atoms with Gasteiger partial charge in [0.1, 0.15) is 0 Å². The number of carbonyl (C=O) groups excluding carboxylic acids is 1. The molecule has 1 amide bonds. The third kappa shape index (κ3) is 5.06. The summed E-state index contributed by atoms with van der Waals surface area (Å²) < 4.78 is 0. The zero-order valence-electron chi connectivity index (χ0n) is 19.1. The monoisotopic (exact) mass is 446 g/mol. The molecule has 1 saturated heterocycles. The van der Waals surface area contributed by atoms with E-state index < -0.39 is 0 Å². The minimum Gasteiger partial charge on any atom is -0.333 e. The highest BCUT2D eigenvalue weighted by Gasteiger charge is 2.36. The Hall–Kier alpha value is -2.62.